The molecule has 164 valence electrons. The van der Waals surface area contributed by atoms with Gasteiger partial charge in [0.15, 0.2) is 0 Å². The first-order valence-electron chi connectivity index (χ1n) is 11.7. The summed E-state index contributed by atoms with van der Waals surface area (Å²) in [6.45, 7) is 3.57. The maximum atomic E-state index is 12.7. The van der Waals surface area contributed by atoms with E-state index in [1.807, 2.05) is 17.0 Å². The summed E-state index contributed by atoms with van der Waals surface area (Å²) in [7, 11) is 0. The zero-order valence-corrected chi connectivity index (χ0v) is 18.6. The highest BCUT2D eigenvalue weighted by molar-refractivity contribution is 6.30. The Balaban J connectivity index is 1.20. The number of likely N-dealkylation sites (tertiary alicyclic amines) is 2. The Kier molecular flexibility index (Phi) is 7.32. The van der Waals surface area contributed by atoms with Gasteiger partial charge in [-0.2, -0.15) is 0 Å². The van der Waals surface area contributed by atoms with E-state index in [4.69, 9.17) is 11.6 Å². The predicted octanol–water partition coefficient (Wildman–Crippen LogP) is 4.11. The molecule has 3 aliphatic rings. The maximum absolute atomic E-state index is 12.7. The number of carbonyl (C=O) groups excluding carboxylic acids is 2. The lowest BCUT2D eigenvalue weighted by atomic mass is 9.91. The molecular weight excluding hydrogens is 398 g/mol. The Morgan fingerprint density at radius 1 is 0.900 bits per heavy atom. The number of piperidine rings is 2. The van der Waals surface area contributed by atoms with Crippen LogP contribution in [0.25, 0.3) is 0 Å². The number of amides is 2. The second-order valence-corrected chi connectivity index (χ2v) is 9.62. The van der Waals surface area contributed by atoms with E-state index >= 15 is 0 Å². The van der Waals surface area contributed by atoms with Crippen molar-refractivity contribution in [2.45, 2.75) is 69.9 Å². The third-order valence-corrected chi connectivity index (χ3v) is 7.43. The van der Waals surface area contributed by atoms with Crippen LogP contribution in [0.3, 0.4) is 0 Å². The Labute approximate surface area is 185 Å². The fourth-order valence-electron chi connectivity index (χ4n) is 5.33. The number of rotatable bonds is 4. The summed E-state index contributed by atoms with van der Waals surface area (Å²) in [5.41, 5.74) is 0.672. The fraction of sp³-hybridized carbons (Fsp3) is 0.667. The second kappa shape index (κ2) is 10.1. The van der Waals surface area contributed by atoms with Gasteiger partial charge in [-0.15, -0.1) is 0 Å². The maximum Gasteiger partial charge on any atom is 0.253 e. The van der Waals surface area contributed by atoms with E-state index in [-0.39, 0.29) is 17.7 Å². The van der Waals surface area contributed by atoms with Gasteiger partial charge in [0.2, 0.25) is 5.91 Å². The molecule has 2 heterocycles. The smallest absolute Gasteiger partial charge is 0.253 e. The van der Waals surface area contributed by atoms with Crippen molar-refractivity contribution in [3.63, 3.8) is 0 Å². The molecule has 0 bridgehead atoms. The summed E-state index contributed by atoms with van der Waals surface area (Å²) in [5, 5.41) is 3.91. The Hall–Kier alpha value is -1.59. The van der Waals surface area contributed by atoms with E-state index in [1.165, 1.54) is 19.3 Å². The van der Waals surface area contributed by atoms with E-state index in [0.717, 1.165) is 64.7 Å². The van der Waals surface area contributed by atoms with Crippen LogP contribution in [-0.4, -0.2) is 59.9 Å². The first-order valence-corrected chi connectivity index (χ1v) is 12.1. The van der Waals surface area contributed by atoms with Gasteiger partial charge < -0.3 is 15.1 Å². The van der Waals surface area contributed by atoms with E-state index in [9.17, 15) is 9.59 Å². The van der Waals surface area contributed by atoms with Gasteiger partial charge in [-0.3, -0.25) is 9.59 Å². The highest BCUT2D eigenvalue weighted by Crippen LogP contribution is 2.26. The predicted molar refractivity (Wildman–Crippen MR) is 120 cm³/mol. The SMILES string of the molecule is O=C(NC1CCCCC1)C1CCN(C2CCN(C(=O)c3cccc(Cl)c3)CC2)CC1. The highest BCUT2D eigenvalue weighted by atomic mass is 35.5. The summed E-state index contributed by atoms with van der Waals surface area (Å²) < 4.78 is 0. The van der Waals surface area contributed by atoms with Crippen molar-refractivity contribution in [1.82, 2.24) is 15.1 Å². The quantitative estimate of drug-likeness (QED) is 0.780. The molecule has 1 aliphatic carbocycles. The molecule has 1 N–H and O–H groups in total. The van der Waals surface area contributed by atoms with Crippen LogP contribution in [0.15, 0.2) is 24.3 Å². The van der Waals surface area contributed by atoms with Gasteiger partial charge in [-0.25, -0.2) is 0 Å². The van der Waals surface area contributed by atoms with Gasteiger partial charge >= 0.3 is 0 Å². The van der Waals surface area contributed by atoms with Crippen molar-refractivity contribution in [1.29, 1.82) is 0 Å². The summed E-state index contributed by atoms with van der Waals surface area (Å²) in [6, 6.07) is 8.14. The molecule has 0 unspecified atom stereocenters. The van der Waals surface area contributed by atoms with Crippen LogP contribution in [0.1, 0.15) is 68.1 Å². The van der Waals surface area contributed by atoms with Crippen LogP contribution < -0.4 is 5.32 Å². The molecule has 4 rings (SSSR count). The van der Waals surface area contributed by atoms with Crippen LogP contribution in [0.5, 0.6) is 0 Å². The molecule has 6 heteroatoms. The van der Waals surface area contributed by atoms with E-state index in [0.29, 0.717) is 22.7 Å². The van der Waals surface area contributed by atoms with Crippen LogP contribution in [-0.2, 0) is 4.79 Å². The van der Waals surface area contributed by atoms with Gasteiger partial charge in [-0.1, -0.05) is 36.9 Å². The molecule has 0 spiro atoms. The van der Waals surface area contributed by atoms with Crippen molar-refractivity contribution in [2.75, 3.05) is 26.2 Å². The average Bonchev–Trinajstić information content (AvgIpc) is 2.79. The normalized spacial score (nSPS) is 22.8. The molecule has 30 heavy (non-hydrogen) atoms. The first-order chi connectivity index (χ1) is 14.6. The van der Waals surface area contributed by atoms with Gasteiger partial charge in [-0.05, 0) is 69.8 Å². The third-order valence-electron chi connectivity index (χ3n) is 7.19. The molecular formula is C24H34ClN3O2. The summed E-state index contributed by atoms with van der Waals surface area (Å²) in [4.78, 5) is 29.9. The fourth-order valence-corrected chi connectivity index (χ4v) is 5.52. The molecule has 3 fully saturated rings. The molecule has 5 nitrogen and oxygen atoms in total. The van der Waals surface area contributed by atoms with Crippen molar-refractivity contribution >= 4 is 23.4 Å². The Morgan fingerprint density at radius 2 is 1.60 bits per heavy atom. The Morgan fingerprint density at radius 3 is 2.27 bits per heavy atom. The van der Waals surface area contributed by atoms with Crippen LogP contribution in [0.2, 0.25) is 5.02 Å². The molecule has 0 aromatic heterocycles. The summed E-state index contributed by atoms with van der Waals surface area (Å²) in [5.74, 6) is 0.533. The molecule has 0 atom stereocenters. The second-order valence-electron chi connectivity index (χ2n) is 9.19. The first kappa shape index (κ1) is 21.6. The minimum atomic E-state index is 0.0778. The van der Waals surface area contributed by atoms with Crippen LogP contribution >= 0.6 is 11.6 Å². The minimum absolute atomic E-state index is 0.0778. The van der Waals surface area contributed by atoms with E-state index < -0.39 is 0 Å². The van der Waals surface area contributed by atoms with Gasteiger partial charge in [0.05, 0.1) is 0 Å². The molecule has 2 amide bonds. The average molecular weight is 432 g/mol. The van der Waals surface area contributed by atoms with Gasteiger partial charge in [0.25, 0.3) is 5.91 Å². The Bertz CT molecular complexity index is 734. The number of halogens is 1. The molecule has 1 aromatic rings. The number of hydrogen-bond acceptors (Lipinski definition) is 3. The minimum Gasteiger partial charge on any atom is -0.353 e. The lowest BCUT2D eigenvalue weighted by molar-refractivity contribution is -0.127. The number of nitrogens with zero attached hydrogens (tertiary/aromatic N) is 2. The van der Waals surface area contributed by atoms with E-state index in [1.54, 1.807) is 12.1 Å². The standard InChI is InChI=1S/C24H34ClN3O2/c25-20-6-4-5-19(17-20)24(30)28-15-11-22(12-16-28)27-13-9-18(10-14-27)23(29)26-21-7-2-1-3-8-21/h4-6,17-18,21-22H,1-3,7-16H2,(H,26,29). The van der Waals surface area contributed by atoms with Crippen molar-refractivity contribution < 1.29 is 9.59 Å². The molecule has 1 aromatic carbocycles. The third kappa shape index (κ3) is 5.36. The number of benzene rings is 1. The van der Waals surface area contributed by atoms with Gasteiger partial charge in [0.1, 0.15) is 0 Å². The zero-order chi connectivity index (χ0) is 20.9. The molecule has 0 radical (unpaired) electrons. The number of nitrogens with one attached hydrogen (secondary N) is 1. The van der Waals surface area contributed by atoms with Crippen molar-refractivity contribution in [3.05, 3.63) is 34.9 Å². The van der Waals surface area contributed by atoms with Crippen LogP contribution in [0, 0.1) is 5.92 Å². The van der Waals surface area contributed by atoms with Crippen molar-refractivity contribution in [3.8, 4) is 0 Å². The number of carbonyl (C=O) groups is 2. The summed E-state index contributed by atoms with van der Waals surface area (Å²) in [6.07, 6.45) is 10.0. The number of hydrogen-bond donors (Lipinski definition) is 1. The molecule has 1 saturated carbocycles. The lowest BCUT2D eigenvalue weighted by Crippen LogP contribution is -2.50. The van der Waals surface area contributed by atoms with Gasteiger partial charge in [0, 0.05) is 41.7 Å². The monoisotopic (exact) mass is 431 g/mol. The summed E-state index contributed by atoms with van der Waals surface area (Å²) >= 11 is 6.04. The van der Waals surface area contributed by atoms with E-state index in [2.05, 4.69) is 10.2 Å². The molecule has 2 aliphatic heterocycles. The topological polar surface area (TPSA) is 52.7 Å². The lowest BCUT2D eigenvalue weighted by Gasteiger charge is -2.41. The largest absolute Gasteiger partial charge is 0.353 e. The van der Waals surface area contributed by atoms with Crippen LogP contribution in [0.4, 0.5) is 0 Å². The highest BCUT2D eigenvalue weighted by Gasteiger charge is 2.32. The molecule has 2 saturated heterocycles. The zero-order valence-electron chi connectivity index (χ0n) is 17.8. The van der Waals surface area contributed by atoms with Crippen molar-refractivity contribution in [2.24, 2.45) is 5.92 Å².